The number of hydrogen-bond acceptors (Lipinski definition) is 2. The van der Waals surface area contributed by atoms with Crippen LogP contribution in [0.5, 0.6) is 11.5 Å². The van der Waals surface area contributed by atoms with E-state index in [1.807, 2.05) is 0 Å². The summed E-state index contributed by atoms with van der Waals surface area (Å²) in [7, 11) is 0. The second-order valence-electron chi connectivity index (χ2n) is 5.03. The van der Waals surface area contributed by atoms with Gasteiger partial charge in [0, 0.05) is 11.8 Å². The van der Waals surface area contributed by atoms with Gasteiger partial charge in [-0.15, -0.1) is 0 Å². The lowest BCUT2D eigenvalue weighted by Gasteiger charge is -2.35. The van der Waals surface area contributed by atoms with E-state index in [9.17, 15) is 0 Å². The monoisotopic (exact) mass is 336 g/mol. The highest BCUT2D eigenvalue weighted by Crippen LogP contribution is 2.56. The smallest absolute Gasteiger partial charge is 0.183 e. The van der Waals surface area contributed by atoms with Crippen molar-refractivity contribution in [1.29, 1.82) is 0 Å². The fourth-order valence-corrected chi connectivity index (χ4v) is 4.02. The van der Waals surface area contributed by atoms with Crippen molar-refractivity contribution in [1.82, 2.24) is 0 Å². The van der Waals surface area contributed by atoms with E-state index in [2.05, 4.69) is 12.2 Å². The van der Waals surface area contributed by atoms with E-state index >= 15 is 0 Å². The predicted molar refractivity (Wildman–Crippen MR) is 76.1 cm³/mol. The Hall–Kier alpha value is -0.280. The fraction of sp³-hybridized carbons (Fsp3) is 0.385. The third-order valence-electron chi connectivity index (χ3n) is 4.01. The number of hydrogen-bond donors (Lipinski definition) is 0. The van der Waals surface area contributed by atoms with Crippen LogP contribution in [0, 0.1) is 11.8 Å². The first-order chi connectivity index (χ1) is 9.08. The van der Waals surface area contributed by atoms with Gasteiger partial charge in [0.15, 0.2) is 11.5 Å². The summed E-state index contributed by atoms with van der Waals surface area (Å²) in [6.45, 7) is 0. The molecule has 0 spiro atoms. The molecule has 4 atom stereocenters. The second-order valence-corrected chi connectivity index (χ2v) is 6.54. The van der Waals surface area contributed by atoms with E-state index in [0.717, 1.165) is 6.42 Å². The molecule has 0 saturated heterocycles. The van der Waals surface area contributed by atoms with Crippen molar-refractivity contribution in [3.8, 4) is 11.5 Å². The van der Waals surface area contributed by atoms with Gasteiger partial charge in [-0.3, -0.25) is 0 Å². The SMILES string of the molecule is Clc1c(Cl)c(Cl)c2c(c1Cl)O[C@@H]1[C@H](O2)[C@@H]2C=C[C@H]1C2. The molecule has 6 heteroatoms. The molecule has 0 radical (unpaired) electrons. The van der Waals surface area contributed by atoms with Crippen LogP contribution in [0.4, 0.5) is 0 Å². The summed E-state index contributed by atoms with van der Waals surface area (Å²) in [5, 5.41) is 0.924. The maximum absolute atomic E-state index is 6.18. The van der Waals surface area contributed by atoms with Gasteiger partial charge in [0.2, 0.25) is 0 Å². The Morgan fingerprint density at radius 1 is 0.737 bits per heavy atom. The molecule has 1 heterocycles. The summed E-state index contributed by atoms with van der Waals surface area (Å²) >= 11 is 24.5. The Morgan fingerprint density at radius 3 is 1.58 bits per heavy atom. The van der Waals surface area contributed by atoms with E-state index in [0.29, 0.717) is 23.3 Å². The normalized spacial score (nSPS) is 33.7. The zero-order valence-electron chi connectivity index (χ0n) is 9.50. The van der Waals surface area contributed by atoms with Gasteiger partial charge in [0.05, 0.1) is 10.0 Å². The highest BCUT2D eigenvalue weighted by molar-refractivity contribution is 6.53. The summed E-state index contributed by atoms with van der Waals surface area (Å²) in [4.78, 5) is 0. The van der Waals surface area contributed by atoms with E-state index in [4.69, 9.17) is 55.9 Å². The molecule has 1 aliphatic heterocycles. The average molecular weight is 338 g/mol. The molecule has 0 unspecified atom stereocenters. The molecule has 4 rings (SSSR count). The van der Waals surface area contributed by atoms with Crippen molar-refractivity contribution in [3.05, 3.63) is 32.2 Å². The van der Waals surface area contributed by atoms with Gasteiger partial charge in [0.25, 0.3) is 0 Å². The van der Waals surface area contributed by atoms with Crippen LogP contribution in [0.3, 0.4) is 0 Å². The maximum atomic E-state index is 6.18. The first kappa shape index (κ1) is 12.5. The van der Waals surface area contributed by atoms with Crippen molar-refractivity contribution in [2.24, 2.45) is 11.8 Å². The third kappa shape index (κ3) is 1.58. The minimum Gasteiger partial charge on any atom is -0.480 e. The van der Waals surface area contributed by atoms with Gasteiger partial charge in [-0.25, -0.2) is 0 Å². The number of fused-ring (bicyclic) bond motifs is 6. The summed E-state index contributed by atoms with van der Waals surface area (Å²) < 4.78 is 12.0. The van der Waals surface area contributed by atoms with Gasteiger partial charge >= 0.3 is 0 Å². The fourth-order valence-electron chi connectivity index (χ4n) is 3.11. The zero-order chi connectivity index (χ0) is 13.3. The topological polar surface area (TPSA) is 18.5 Å². The van der Waals surface area contributed by atoms with Crippen LogP contribution in [0.15, 0.2) is 12.2 Å². The molecule has 2 bridgehead atoms. The number of rotatable bonds is 0. The average Bonchev–Trinajstić information content (AvgIpc) is 3.03. The molecule has 1 aromatic rings. The van der Waals surface area contributed by atoms with Gasteiger partial charge in [-0.2, -0.15) is 0 Å². The Labute approximate surface area is 130 Å². The minimum atomic E-state index is -0.0201. The van der Waals surface area contributed by atoms with Crippen LogP contribution in [-0.2, 0) is 0 Å². The standard InChI is InChI=1S/C13H8Cl4O2/c14-6-7(15)9(17)13-12(8(6)16)18-10-4-1-2-5(3-4)11(10)19-13/h1-2,4-5,10-11H,3H2/t4-,5+,10-,11+. The Kier molecular flexibility index (Phi) is 2.69. The first-order valence-electron chi connectivity index (χ1n) is 5.95. The lowest BCUT2D eigenvalue weighted by Crippen LogP contribution is -2.42. The predicted octanol–water partition coefficient (Wildman–Crippen LogP) is 5.01. The molecular formula is C13H8Cl4O2. The Bertz CT molecular complexity index is 562. The van der Waals surface area contributed by atoms with Crippen LogP contribution in [0.1, 0.15) is 6.42 Å². The van der Waals surface area contributed by atoms with Crippen molar-refractivity contribution in [3.63, 3.8) is 0 Å². The maximum Gasteiger partial charge on any atom is 0.183 e. The molecule has 100 valence electrons. The number of halogens is 4. The van der Waals surface area contributed by atoms with E-state index < -0.39 is 0 Å². The first-order valence-corrected chi connectivity index (χ1v) is 7.46. The third-order valence-corrected chi connectivity index (χ3v) is 5.78. The van der Waals surface area contributed by atoms with Crippen molar-refractivity contribution in [2.45, 2.75) is 18.6 Å². The van der Waals surface area contributed by atoms with E-state index in [1.165, 1.54) is 0 Å². The molecule has 2 aliphatic carbocycles. The van der Waals surface area contributed by atoms with Crippen LogP contribution < -0.4 is 9.47 Å². The molecule has 1 saturated carbocycles. The Balaban J connectivity index is 1.86. The summed E-state index contributed by atoms with van der Waals surface area (Å²) in [5.41, 5.74) is 0. The Morgan fingerprint density at radius 2 is 1.16 bits per heavy atom. The largest absolute Gasteiger partial charge is 0.480 e. The molecular weight excluding hydrogens is 330 g/mol. The zero-order valence-corrected chi connectivity index (χ0v) is 12.5. The molecule has 0 amide bonds. The second kappa shape index (κ2) is 4.11. The molecule has 0 aromatic heterocycles. The highest BCUT2D eigenvalue weighted by Gasteiger charge is 2.51. The highest BCUT2D eigenvalue weighted by atomic mass is 35.5. The number of benzene rings is 1. The van der Waals surface area contributed by atoms with Gasteiger partial charge < -0.3 is 9.47 Å². The summed E-state index contributed by atoms with van der Waals surface area (Å²) in [6, 6.07) is 0. The molecule has 3 aliphatic rings. The molecule has 19 heavy (non-hydrogen) atoms. The van der Waals surface area contributed by atoms with Crippen LogP contribution in [0.25, 0.3) is 0 Å². The summed E-state index contributed by atoms with van der Waals surface area (Å²) in [6.07, 6.45) is 5.35. The molecule has 0 N–H and O–H groups in total. The quantitative estimate of drug-likeness (QED) is 0.376. The van der Waals surface area contributed by atoms with Crippen LogP contribution >= 0.6 is 46.4 Å². The van der Waals surface area contributed by atoms with E-state index in [1.54, 1.807) is 0 Å². The minimum absolute atomic E-state index is 0.0201. The van der Waals surface area contributed by atoms with Gasteiger partial charge in [0.1, 0.15) is 22.3 Å². The van der Waals surface area contributed by atoms with Crippen molar-refractivity contribution in [2.75, 3.05) is 0 Å². The lowest BCUT2D eigenvalue weighted by atomic mass is 10.00. The molecule has 1 fully saturated rings. The van der Waals surface area contributed by atoms with Crippen LogP contribution in [-0.4, -0.2) is 12.2 Å². The van der Waals surface area contributed by atoms with Crippen molar-refractivity contribution >= 4 is 46.4 Å². The van der Waals surface area contributed by atoms with Crippen LogP contribution in [0.2, 0.25) is 20.1 Å². The number of ether oxygens (including phenoxy) is 2. The molecule has 2 nitrogen and oxygen atoms in total. The molecule has 1 aromatic carbocycles. The van der Waals surface area contributed by atoms with Gasteiger partial charge in [-0.05, 0) is 6.42 Å². The van der Waals surface area contributed by atoms with Gasteiger partial charge in [-0.1, -0.05) is 58.6 Å². The lowest BCUT2D eigenvalue weighted by molar-refractivity contribution is 0.0151. The van der Waals surface area contributed by atoms with Crippen molar-refractivity contribution < 1.29 is 9.47 Å². The van der Waals surface area contributed by atoms with E-state index in [-0.39, 0.29) is 32.3 Å². The summed E-state index contributed by atoms with van der Waals surface area (Å²) in [5.74, 6) is 1.55.